The molecule has 0 radical (unpaired) electrons. The molecule has 84 valence electrons. The minimum absolute atomic E-state index is 0.323. The van der Waals surface area contributed by atoms with Crippen LogP contribution in [0.25, 0.3) is 10.9 Å². The summed E-state index contributed by atoms with van der Waals surface area (Å²) in [6, 6.07) is 6.86. The van der Waals surface area contributed by atoms with Gasteiger partial charge in [-0.15, -0.1) is 0 Å². The number of aromatic amines is 1. The van der Waals surface area contributed by atoms with Gasteiger partial charge in [-0.25, -0.2) is 4.79 Å². The van der Waals surface area contributed by atoms with E-state index >= 15 is 0 Å². The van der Waals surface area contributed by atoms with Crippen molar-refractivity contribution in [1.82, 2.24) is 4.98 Å². The average Bonchev–Trinajstić information content (AvgIpc) is 2.72. The van der Waals surface area contributed by atoms with Crippen molar-refractivity contribution in [2.45, 2.75) is 12.5 Å². The zero-order valence-electron chi connectivity index (χ0n) is 8.51. The standard InChI is InChI=1S/C11H12N2O3/c12-9(11(14)16-15)5-7-6-13-10-4-2-1-3-8(7)10/h1-4,6,9,13,15H,5,12H2. The van der Waals surface area contributed by atoms with Gasteiger partial charge in [-0.1, -0.05) is 18.2 Å². The number of aromatic nitrogens is 1. The maximum absolute atomic E-state index is 11.0. The molecular formula is C11H12N2O3. The maximum Gasteiger partial charge on any atom is 0.358 e. The molecule has 1 atom stereocenters. The Bertz CT molecular complexity index is 507. The van der Waals surface area contributed by atoms with E-state index in [1.54, 1.807) is 6.20 Å². The van der Waals surface area contributed by atoms with Crippen LogP contribution in [0.2, 0.25) is 0 Å². The van der Waals surface area contributed by atoms with E-state index in [0.29, 0.717) is 6.42 Å². The van der Waals surface area contributed by atoms with Gasteiger partial charge >= 0.3 is 5.97 Å². The van der Waals surface area contributed by atoms with Gasteiger partial charge in [0.25, 0.3) is 0 Å². The minimum Gasteiger partial charge on any atom is -0.361 e. The van der Waals surface area contributed by atoms with Crippen LogP contribution in [0.1, 0.15) is 5.56 Å². The minimum atomic E-state index is -0.857. The Morgan fingerprint density at radius 1 is 1.50 bits per heavy atom. The van der Waals surface area contributed by atoms with Crippen LogP contribution in [0.4, 0.5) is 0 Å². The molecule has 1 aromatic carbocycles. The van der Waals surface area contributed by atoms with Gasteiger partial charge in [0.2, 0.25) is 0 Å². The van der Waals surface area contributed by atoms with Crippen molar-refractivity contribution in [3.8, 4) is 0 Å². The maximum atomic E-state index is 11.0. The van der Waals surface area contributed by atoms with E-state index in [4.69, 9.17) is 11.0 Å². The highest BCUT2D eigenvalue weighted by atomic mass is 17.1. The van der Waals surface area contributed by atoms with Gasteiger partial charge in [0.15, 0.2) is 0 Å². The second-order valence-corrected chi connectivity index (χ2v) is 3.58. The first-order valence-electron chi connectivity index (χ1n) is 4.88. The molecule has 0 fully saturated rings. The number of nitrogens with two attached hydrogens (primary N) is 1. The SMILES string of the molecule is NC(Cc1c[nH]c2ccccc12)C(=O)OO. The van der Waals surface area contributed by atoms with Crippen molar-refractivity contribution in [2.24, 2.45) is 5.73 Å². The fourth-order valence-corrected chi connectivity index (χ4v) is 1.69. The third-order valence-corrected chi connectivity index (χ3v) is 2.51. The number of carbonyl (C=O) groups excluding carboxylic acids is 1. The normalized spacial score (nSPS) is 12.6. The number of fused-ring (bicyclic) bond motifs is 1. The molecule has 4 N–H and O–H groups in total. The predicted molar refractivity (Wildman–Crippen MR) is 58.7 cm³/mol. The van der Waals surface area contributed by atoms with Crippen LogP contribution in [-0.2, 0) is 16.1 Å². The van der Waals surface area contributed by atoms with Crippen molar-refractivity contribution in [1.29, 1.82) is 0 Å². The largest absolute Gasteiger partial charge is 0.361 e. The molecule has 1 aromatic heterocycles. The van der Waals surface area contributed by atoms with Gasteiger partial charge < -0.3 is 10.7 Å². The van der Waals surface area contributed by atoms with E-state index in [1.807, 2.05) is 24.3 Å². The van der Waals surface area contributed by atoms with Gasteiger partial charge in [-0.05, 0) is 11.6 Å². The molecule has 1 heterocycles. The van der Waals surface area contributed by atoms with Crippen molar-refractivity contribution < 1.29 is 14.9 Å². The second-order valence-electron chi connectivity index (χ2n) is 3.58. The Morgan fingerprint density at radius 2 is 2.25 bits per heavy atom. The predicted octanol–water partition coefficient (Wildman–Crippen LogP) is 1.05. The summed E-state index contributed by atoms with van der Waals surface area (Å²) >= 11 is 0. The molecule has 2 rings (SSSR count). The van der Waals surface area contributed by atoms with Gasteiger partial charge in [-0.2, -0.15) is 5.26 Å². The summed E-state index contributed by atoms with van der Waals surface area (Å²) in [6.45, 7) is 0. The molecule has 0 saturated carbocycles. The molecular weight excluding hydrogens is 208 g/mol. The van der Waals surface area contributed by atoms with Crippen molar-refractivity contribution in [3.05, 3.63) is 36.0 Å². The van der Waals surface area contributed by atoms with E-state index < -0.39 is 12.0 Å². The van der Waals surface area contributed by atoms with Gasteiger partial charge in [0.05, 0.1) is 0 Å². The number of hydrogen-bond acceptors (Lipinski definition) is 4. The summed E-state index contributed by atoms with van der Waals surface area (Å²) in [4.78, 5) is 17.6. The van der Waals surface area contributed by atoms with Crippen LogP contribution >= 0.6 is 0 Å². The lowest BCUT2D eigenvalue weighted by molar-refractivity contribution is -0.235. The molecule has 5 heteroatoms. The monoisotopic (exact) mass is 220 g/mol. The molecule has 1 unspecified atom stereocenters. The lowest BCUT2D eigenvalue weighted by atomic mass is 10.1. The van der Waals surface area contributed by atoms with Gasteiger partial charge in [-0.3, -0.25) is 4.89 Å². The van der Waals surface area contributed by atoms with E-state index in [1.165, 1.54) is 0 Å². The lowest BCUT2D eigenvalue weighted by Gasteiger charge is -2.06. The topological polar surface area (TPSA) is 88.3 Å². The molecule has 0 aliphatic rings. The zero-order valence-corrected chi connectivity index (χ0v) is 8.51. The highest BCUT2D eigenvalue weighted by molar-refractivity contribution is 5.84. The molecule has 0 aliphatic heterocycles. The molecule has 0 aliphatic carbocycles. The van der Waals surface area contributed by atoms with Crippen LogP contribution in [0.15, 0.2) is 30.5 Å². The number of hydrogen-bond donors (Lipinski definition) is 3. The Labute approximate surface area is 91.8 Å². The van der Waals surface area contributed by atoms with E-state index in [9.17, 15) is 4.79 Å². The molecule has 16 heavy (non-hydrogen) atoms. The smallest absolute Gasteiger partial charge is 0.358 e. The van der Waals surface area contributed by atoms with Crippen LogP contribution in [0.3, 0.4) is 0 Å². The number of para-hydroxylation sites is 1. The van der Waals surface area contributed by atoms with E-state index in [-0.39, 0.29) is 0 Å². The Morgan fingerprint density at radius 3 is 3.00 bits per heavy atom. The first kappa shape index (κ1) is 10.7. The molecule has 5 nitrogen and oxygen atoms in total. The van der Waals surface area contributed by atoms with Crippen molar-refractivity contribution >= 4 is 16.9 Å². The van der Waals surface area contributed by atoms with Crippen LogP contribution in [-0.4, -0.2) is 22.3 Å². The summed E-state index contributed by atoms with van der Waals surface area (Å²) in [5, 5.41) is 9.23. The fourth-order valence-electron chi connectivity index (χ4n) is 1.69. The number of H-pyrrole nitrogens is 1. The first-order chi connectivity index (χ1) is 7.72. The molecule has 0 amide bonds. The molecule has 0 bridgehead atoms. The summed E-state index contributed by atoms with van der Waals surface area (Å²) < 4.78 is 0. The quantitative estimate of drug-likeness (QED) is 0.533. The molecule has 0 spiro atoms. The highest BCUT2D eigenvalue weighted by Crippen LogP contribution is 2.18. The van der Waals surface area contributed by atoms with E-state index in [0.717, 1.165) is 16.5 Å². The van der Waals surface area contributed by atoms with Crippen molar-refractivity contribution in [2.75, 3.05) is 0 Å². The number of benzene rings is 1. The number of nitrogens with one attached hydrogen (secondary N) is 1. The Hall–Kier alpha value is -1.85. The average molecular weight is 220 g/mol. The van der Waals surface area contributed by atoms with Crippen LogP contribution in [0, 0.1) is 0 Å². The fraction of sp³-hybridized carbons (Fsp3) is 0.182. The zero-order chi connectivity index (χ0) is 11.5. The van der Waals surface area contributed by atoms with Gasteiger partial charge in [0.1, 0.15) is 6.04 Å². The summed E-state index contributed by atoms with van der Waals surface area (Å²) in [5.41, 5.74) is 7.47. The van der Waals surface area contributed by atoms with Crippen LogP contribution < -0.4 is 5.73 Å². The Kier molecular flexibility index (Phi) is 2.89. The molecule has 0 saturated heterocycles. The third-order valence-electron chi connectivity index (χ3n) is 2.51. The summed E-state index contributed by atoms with van der Waals surface area (Å²) in [6.07, 6.45) is 2.12. The number of carbonyl (C=O) groups is 1. The second kappa shape index (κ2) is 4.34. The molecule has 2 aromatic rings. The number of rotatable bonds is 3. The van der Waals surface area contributed by atoms with Crippen LogP contribution in [0.5, 0.6) is 0 Å². The Balaban J connectivity index is 2.24. The first-order valence-corrected chi connectivity index (χ1v) is 4.88. The van der Waals surface area contributed by atoms with Crippen molar-refractivity contribution in [3.63, 3.8) is 0 Å². The van der Waals surface area contributed by atoms with E-state index in [2.05, 4.69) is 9.87 Å². The van der Waals surface area contributed by atoms with Gasteiger partial charge in [0, 0.05) is 23.5 Å². The lowest BCUT2D eigenvalue weighted by Crippen LogP contribution is -2.33. The third kappa shape index (κ3) is 1.91. The highest BCUT2D eigenvalue weighted by Gasteiger charge is 2.17. The summed E-state index contributed by atoms with van der Waals surface area (Å²) in [7, 11) is 0. The summed E-state index contributed by atoms with van der Waals surface area (Å²) in [5.74, 6) is -0.828.